The maximum atomic E-state index is 14.2. The van der Waals surface area contributed by atoms with Gasteiger partial charge in [0.25, 0.3) is 0 Å². The molecule has 0 spiro atoms. The Morgan fingerprint density at radius 3 is 2.27 bits per heavy atom. The van der Waals surface area contributed by atoms with E-state index >= 15 is 0 Å². The van der Waals surface area contributed by atoms with Gasteiger partial charge in [0.2, 0.25) is 29.5 Å². The lowest BCUT2D eigenvalue weighted by molar-refractivity contribution is -0.144. The van der Waals surface area contributed by atoms with Crippen molar-refractivity contribution in [1.82, 2.24) is 26.3 Å². The van der Waals surface area contributed by atoms with E-state index in [9.17, 15) is 24.0 Å². The van der Waals surface area contributed by atoms with Crippen LogP contribution >= 0.6 is 0 Å². The van der Waals surface area contributed by atoms with Crippen LogP contribution in [0.2, 0.25) is 0 Å². The summed E-state index contributed by atoms with van der Waals surface area (Å²) >= 11 is 0. The number of nitrogens with zero attached hydrogens (tertiary/aromatic N) is 1. The fourth-order valence-electron chi connectivity index (χ4n) is 7.50. The number of carbonyl (C=O) groups is 5. The zero-order chi connectivity index (χ0) is 34.7. The Labute approximate surface area is 285 Å². The van der Waals surface area contributed by atoms with E-state index in [-0.39, 0.29) is 37.0 Å². The highest BCUT2D eigenvalue weighted by molar-refractivity contribution is 6.23. The van der Waals surface area contributed by atoms with Crippen molar-refractivity contribution in [2.75, 3.05) is 6.54 Å². The Morgan fingerprint density at radius 2 is 1.53 bits per heavy atom. The predicted octanol–water partition coefficient (Wildman–Crippen LogP) is 4.09. The van der Waals surface area contributed by atoms with Gasteiger partial charge in [-0.1, -0.05) is 87.7 Å². The first-order chi connectivity index (χ1) is 23.7. The summed E-state index contributed by atoms with van der Waals surface area (Å²) in [6, 6.07) is 15.0. The molecule has 2 aliphatic heterocycles. The molecular weight excluding hydrogens is 622 g/mol. The molecule has 6 rings (SSSR count). The number of amides is 5. The number of fused-ring (bicyclic) bond motifs is 1. The molecule has 258 valence electrons. The average molecular weight is 668 g/mol. The standard InChI is InChI=1S/C38H45N5O6/c1-3-22(2)34-38(48)43-20-8-12-30(43)37(47)39-28(11-5-4-6-13-31(44)42-49)35(45)40-29(36(46)41-34)21-26-17-16-25-15-14-23-9-7-10-24-18-19-27(26)33(25)32(23)24/h7,9-10,14-19,22,28-30,34,49H,3-6,8,11-13,20-21H2,1-2H3,(H,39,47)(H,40,45)(H,41,46)(H,42,44)/t22?,28-,29+,30+,34-/m0/s1. The molecule has 2 heterocycles. The van der Waals surface area contributed by atoms with E-state index in [0.717, 1.165) is 37.9 Å². The number of nitrogens with one attached hydrogen (secondary N) is 4. The van der Waals surface area contributed by atoms with Crippen LogP contribution in [-0.4, -0.2) is 70.4 Å². The smallest absolute Gasteiger partial charge is 0.246 e. The van der Waals surface area contributed by atoms with Crippen molar-refractivity contribution >= 4 is 61.9 Å². The van der Waals surface area contributed by atoms with Crippen molar-refractivity contribution in [3.8, 4) is 0 Å². The highest BCUT2D eigenvalue weighted by Gasteiger charge is 2.41. The molecule has 2 fully saturated rings. The van der Waals surface area contributed by atoms with Gasteiger partial charge in [-0.3, -0.25) is 29.2 Å². The Balaban J connectivity index is 1.34. The van der Waals surface area contributed by atoms with Crippen LogP contribution in [0.15, 0.2) is 54.6 Å². The van der Waals surface area contributed by atoms with Gasteiger partial charge in [-0.25, -0.2) is 5.48 Å². The van der Waals surface area contributed by atoms with Crippen molar-refractivity contribution in [2.24, 2.45) is 5.92 Å². The number of hydroxylamine groups is 1. The summed E-state index contributed by atoms with van der Waals surface area (Å²) in [5.41, 5.74) is 2.50. The second-order valence-corrected chi connectivity index (χ2v) is 13.6. The van der Waals surface area contributed by atoms with E-state index in [2.05, 4.69) is 52.3 Å². The number of carbonyl (C=O) groups excluding carboxylic acids is 5. The van der Waals surface area contributed by atoms with Crippen LogP contribution in [0.5, 0.6) is 0 Å². The van der Waals surface area contributed by atoms with Gasteiger partial charge in [-0.05, 0) is 69.5 Å². The molecule has 2 aliphatic rings. The molecule has 0 aliphatic carbocycles. The third-order valence-electron chi connectivity index (χ3n) is 10.4. The van der Waals surface area contributed by atoms with Crippen LogP contribution < -0.4 is 21.4 Å². The fraction of sp³-hybridized carbons (Fsp3) is 0.447. The van der Waals surface area contributed by atoms with Crippen molar-refractivity contribution in [3.63, 3.8) is 0 Å². The largest absolute Gasteiger partial charge is 0.343 e. The van der Waals surface area contributed by atoms with Crippen LogP contribution in [0, 0.1) is 5.92 Å². The third kappa shape index (κ3) is 7.03. The molecule has 4 aromatic rings. The van der Waals surface area contributed by atoms with Gasteiger partial charge in [0.1, 0.15) is 24.2 Å². The van der Waals surface area contributed by atoms with Gasteiger partial charge in [0, 0.05) is 19.4 Å². The zero-order valence-corrected chi connectivity index (χ0v) is 28.1. The van der Waals surface area contributed by atoms with Crippen LogP contribution in [0.25, 0.3) is 32.3 Å². The van der Waals surface area contributed by atoms with Crippen LogP contribution in [0.4, 0.5) is 0 Å². The van der Waals surface area contributed by atoms with E-state index in [0.29, 0.717) is 45.1 Å². The van der Waals surface area contributed by atoms with Crippen molar-refractivity contribution < 1.29 is 29.2 Å². The van der Waals surface area contributed by atoms with Gasteiger partial charge >= 0.3 is 0 Å². The van der Waals surface area contributed by atoms with Gasteiger partial charge in [0.05, 0.1) is 0 Å². The van der Waals surface area contributed by atoms with E-state index in [1.807, 2.05) is 32.0 Å². The van der Waals surface area contributed by atoms with Gasteiger partial charge < -0.3 is 20.9 Å². The van der Waals surface area contributed by atoms with E-state index < -0.39 is 41.9 Å². The molecule has 0 aromatic heterocycles. The predicted molar refractivity (Wildman–Crippen MR) is 187 cm³/mol. The lowest BCUT2D eigenvalue weighted by Gasteiger charge is -2.34. The molecule has 0 saturated carbocycles. The topological polar surface area (TPSA) is 157 Å². The second-order valence-electron chi connectivity index (χ2n) is 13.6. The van der Waals surface area contributed by atoms with E-state index in [4.69, 9.17) is 5.21 Å². The van der Waals surface area contributed by atoms with Gasteiger partial charge in [0.15, 0.2) is 0 Å². The van der Waals surface area contributed by atoms with Crippen molar-refractivity contribution in [2.45, 2.75) is 95.8 Å². The molecule has 11 nitrogen and oxygen atoms in total. The number of hydrogen-bond donors (Lipinski definition) is 5. The quantitative estimate of drug-likeness (QED) is 0.0743. The Bertz CT molecular complexity index is 1860. The molecule has 1 unspecified atom stereocenters. The Hall–Kier alpha value is -4.77. The third-order valence-corrected chi connectivity index (χ3v) is 10.4. The highest BCUT2D eigenvalue weighted by atomic mass is 16.5. The molecule has 5 atom stereocenters. The lowest BCUT2D eigenvalue weighted by atomic mass is 9.89. The molecule has 4 aromatic carbocycles. The monoisotopic (exact) mass is 667 g/mol. The SMILES string of the molecule is CCC(C)[C@@H]1NC(=O)[C@@H](Cc2ccc3ccc4cccc5ccc2c3c45)NC(=O)[C@H](CCCCCC(=O)NO)NC(=O)[C@H]2CCCN2C1=O. The zero-order valence-electron chi connectivity index (χ0n) is 28.1. The van der Waals surface area contributed by atoms with E-state index in [1.165, 1.54) is 0 Å². The number of hydrogen-bond acceptors (Lipinski definition) is 6. The number of rotatable bonds is 10. The molecule has 11 heteroatoms. The minimum absolute atomic E-state index is 0.137. The molecule has 5 amide bonds. The van der Waals surface area contributed by atoms with Crippen molar-refractivity contribution in [1.29, 1.82) is 0 Å². The van der Waals surface area contributed by atoms with Gasteiger partial charge in [-0.15, -0.1) is 0 Å². The molecule has 2 saturated heterocycles. The lowest BCUT2D eigenvalue weighted by Crippen LogP contribution is -2.62. The summed E-state index contributed by atoms with van der Waals surface area (Å²) in [6.07, 6.45) is 3.95. The minimum Gasteiger partial charge on any atom is -0.343 e. The number of benzene rings is 4. The summed E-state index contributed by atoms with van der Waals surface area (Å²) in [5.74, 6) is -2.28. The summed E-state index contributed by atoms with van der Waals surface area (Å²) in [7, 11) is 0. The Morgan fingerprint density at radius 1 is 0.857 bits per heavy atom. The molecule has 0 radical (unpaired) electrons. The Kier molecular flexibility index (Phi) is 10.3. The second kappa shape index (κ2) is 14.8. The molecule has 0 bridgehead atoms. The number of unbranched alkanes of at least 4 members (excludes halogenated alkanes) is 2. The minimum atomic E-state index is -1.02. The van der Waals surface area contributed by atoms with Crippen LogP contribution in [0.3, 0.4) is 0 Å². The first-order valence-corrected chi connectivity index (χ1v) is 17.5. The first-order valence-electron chi connectivity index (χ1n) is 17.5. The normalized spacial score (nSPS) is 22.7. The van der Waals surface area contributed by atoms with Crippen molar-refractivity contribution in [3.05, 3.63) is 60.2 Å². The molecule has 5 N–H and O–H groups in total. The fourth-order valence-corrected chi connectivity index (χ4v) is 7.50. The van der Waals surface area contributed by atoms with Crippen LogP contribution in [-0.2, 0) is 30.4 Å². The highest BCUT2D eigenvalue weighted by Crippen LogP contribution is 2.36. The maximum absolute atomic E-state index is 14.2. The average Bonchev–Trinajstić information content (AvgIpc) is 3.61. The summed E-state index contributed by atoms with van der Waals surface area (Å²) in [4.78, 5) is 69.0. The molecule has 49 heavy (non-hydrogen) atoms. The summed E-state index contributed by atoms with van der Waals surface area (Å²) in [6.45, 7) is 4.27. The first kappa shape index (κ1) is 34.1. The summed E-state index contributed by atoms with van der Waals surface area (Å²) < 4.78 is 0. The van der Waals surface area contributed by atoms with E-state index in [1.54, 1.807) is 10.4 Å². The maximum Gasteiger partial charge on any atom is 0.246 e. The molecular formula is C38H45N5O6. The van der Waals surface area contributed by atoms with Crippen LogP contribution in [0.1, 0.15) is 70.8 Å². The van der Waals surface area contributed by atoms with Gasteiger partial charge in [-0.2, -0.15) is 0 Å². The summed E-state index contributed by atoms with van der Waals surface area (Å²) in [5, 5.41) is 24.2.